The van der Waals surface area contributed by atoms with Crippen molar-refractivity contribution in [3.05, 3.63) is 70.2 Å². The molecule has 2 N–H and O–H groups in total. The summed E-state index contributed by atoms with van der Waals surface area (Å²) >= 11 is 6.06. The number of rotatable bonds is 2. The molecule has 4 heteroatoms. The fourth-order valence-electron chi connectivity index (χ4n) is 2.38. The fraction of sp³-hybridized carbons (Fsp3) is 0.125. The Kier molecular flexibility index (Phi) is 3.24. The van der Waals surface area contributed by atoms with Crippen LogP contribution in [-0.2, 0) is 0 Å². The minimum Gasteiger partial charge on any atom is -0.459 e. The first-order chi connectivity index (χ1) is 9.58. The first-order valence-electron chi connectivity index (χ1n) is 6.26. The summed E-state index contributed by atoms with van der Waals surface area (Å²) in [6, 6.07) is 11.4. The zero-order chi connectivity index (χ0) is 14.3. The summed E-state index contributed by atoms with van der Waals surface area (Å²) in [7, 11) is 0. The fourth-order valence-corrected chi connectivity index (χ4v) is 2.67. The number of aryl methyl sites for hydroxylation is 1. The second kappa shape index (κ2) is 4.93. The van der Waals surface area contributed by atoms with Crippen molar-refractivity contribution in [3.63, 3.8) is 0 Å². The van der Waals surface area contributed by atoms with Crippen molar-refractivity contribution in [1.29, 1.82) is 0 Å². The predicted molar refractivity (Wildman–Crippen MR) is 78.4 cm³/mol. The molecule has 102 valence electrons. The largest absolute Gasteiger partial charge is 0.459 e. The molecule has 3 aromatic rings. The van der Waals surface area contributed by atoms with E-state index >= 15 is 0 Å². The second-order valence-electron chi connectivity index (χ2n) is 4.73. The summed E-state index contributed by atoms with van der Waals surface area (Å²) in [5.74, 6) is 0.270. The molecule has 1 aromatic heterocycles. The first-order valence-corrected chi connectivity index (χ1v) is 6.64. The van der Waals surface area contributed by atoms with Crippen molar-refractivity contribution in [2.75, 3.05) is 0 Å². The molecule has 0 amide bonds. The highest BCUT2D eigenvalue weighted by molar-refractivity contribution is 6.31. The minimum atomic E-state index is -0.518. The average Bonchev–Trinajstić information content (AvgIpc) is 2.76. The van der Waals surface area contributed by atoms with E-state index in [1.165, 1.54) is 12.1 Å². The molecule has 1 atom stereocenters. The lowest BCUT2D eigenvalue weighted by atomic mass is 10.0. The van der Waals surface area contributed by atoms with Crippen molar-refractivity contribution >= 4 is 22.6 Å². The number of furan rings is 1. The highest BCUT2D eigenvalue weighted by Crippen LogP contribution is 2.33. The molecule has 0 aliphatic heterocycles. The van der Waals surface area contributed by atoms with E-state index in [0.717, 1.165) is 16.5 Å². The molecule has 2 nitrogen and oxygen atoms in total. The van der Waals surface area contributed by atoms with Crippen LogP contribution in [0.5, 0.6) is 0 Å². The number of hydrogen-bond acceptors (Lipinski definition) is 2. The number of fused-ring (bicyclic) bond motifs is 1. The van der Waals surface area contributed by atoms with Crippen LogP contribution in [0.1, 0.15) is 22.9 Å². The van der Waals surface area contributed by atoms with E-state index in [1.54, 1.807) is 6.07 Å². The highest BCUT2D eigenvalue weighted by Gasteiger charge is 2.20. The van der Waals surface area contributed by atoms with Gasteiger partial charge in [0, 0.05) is 16.0 Å². The quantitative estimate of drug-likeness (QED) is 0.750. The molecule has 0 saturated carbocycles. The predicted octanol–water partition coefficient (Wildman–Crippen LogP) is 4.58. The lowest BCUT2D eigenvalue weighted by molar-refractivity contribution is 0.520. The monoisotopic (exact) mass is 289 g/mol. The Balaban J connectivity index is 2.12. The minimum absolute atomic E-state index is 0.303. The van der Waals surface area contributed by atoms with Gasteiger partial charge in [0.1, 0.15) is 17.2 Å². The normalized spacial score (nSPS) is 12.8. The number of nitrogens with two attached hydrogens (primary N) is 1. The van der Waals surface area contributed by atoms with Crippen molar-refractivity contribution in [2.45, 2.75) is 13.0 Å². The van der Waals surface area contributed by atoms with E-state index in [-0.39, 0.29) is 5.82 Å². The number of para-hydroxylation sites is 1. The summed E-state index contributed by atoms with van der Waals surface area (Å²) in [5.41, 5.74) is 8.65. The average molecular weight is 290 g/mol. The third-order valence-corrected chi connectivity index (χ3v) is 3.79. The molecule has 0 saturated heterocycles. The van der Waals surface area contributed by atoms with Crippen molar-refractivity contribution in [3.8, 4) is 0 Å². The molecule has 20 heavy (non-hydrogen) atoms. The summed E-state index contributed by atoms with van der Waals surface area (Å²) < 4.78 is 18.9. The highest BCUT2D eigenvalue weighted by atomic mass is 35.5. The van der Waals surface area contributed by atoms with Gasteiger partial charge in [0.15, 0.2) is 0 Å². The Labute approximate surface area is 121 Å². The van der Waals surface area contributed by atoms with E-state index in [0.29, 0.717) is 16.3 Å². The Morgan fingerprint density at radius 1 is 1.20 bits per heavy atom. The molecular weight excluding hydrogens is 277 g/mol. The molecule has 2 aromatic carbocycles. The lowest BCUT2D eigenvalue weighted by Crippen LogP contribution is -2.12. The van der Waals surface area contributed by atoms with Crippen LogP contribution in [0.4, 0.5) is 4.39 Å². The molecular formula is C16H13ClFNO. The molecule has 3 rings (SSSR count). The molecule has 0 radical (unpaired) electrons. The lowest BCUT2D eigenvalue weighted by Gasteiger charge is -2.12. The second-order valence-corrected chi connectivity index (χ2v) is 5.14. The summed E-state index contributed by atoms with van der Waals surface area (Å²) in [5, 5.41) is 1.33. The van der Waals surface area contributed by atoms with Gasteiger partial charge in [-0.1, -0.05) is 35.9 Å². The van der Waals surface area contributed by atoms with E-state index in [1.807, 2.05) is 31.2 Å². The number of halogens is 2. The maximum atomic E-state index is 13.1. The Morgan fingerprint density at radius 2 is 1.95 bits per heavy atom. The number of hydrogen-bond donors (Lipinski definition) is 1. The zero-order valence-electron chi connectivity index (χ0n) is 10.9. The molecule has 1 heterocycles. The first kappa shape index (κ1) is 13.2. The van der Waals surface area contributed by atoms with Crippen LogP contribution in [0.15, 0.2) is 46.9 Å². The van der Waals surface area contributed by atoms with Gasteiger partial charge in [-0.3, -0.25) is 0 Å². The van der Waals surface area contributed by atoms with Gasteiger partial charge in [0.25, 0.3) is 0 Å². The third kappa shape index (κ3) is 2.09. The molecule has 0 spiro atoms. The smallest absolute Gasteiger partial charge is 0.134 e. The zero-order valence-corrected chi connectivity index (χ0v) is 11.6. The molecule has 0 aliphatic rings. The van der Waals surface area contributed by atoms with Crippen LogP contribution in [-0.4, -0.2) is 0 Å². The van der Waals surface area contributed by atoms with E-state index in [2.05, 4.69) is 0 Å². The van der Waals surface area contributed by atoms with Crippen LogP contribution in [0.2, 0.25) is 5.02 Å². The van der Waals surface area contributed by atoms with Gasteiger partial charge < -0.3 is 10.2 Å². The maximum absolute atomic E-state index is 13.1. The van der Waals surface area contributed by atoms with Crippen LogP contribution < -0.4 is 5.73 Å². The van der Waals surface area contributed by atoms with Gasteiger partial charge in [-0.2, -0.15) is 0 Å². The van der Waals surface area contributed by atoms with Crippen molar-refractivity contribution in [2.24, 2.45) is 5.73 Å². The summed E-state index contributed by atoms with van der Waals surface area (Å²) in [6.07, 6.45) is 0. The molecule has 0 bridgehead atoms. The molecule has 1 unspecified atom stereocenters. The van der Waals surface area contributed by atoms with Crippen LogP contribution >= 0.6 is 11.6 Å². The van der Waals surface area contributed by atoms with Gasteiger partial charge >= 0.3 is 0 Å². The Bertz CT molecular complexity index is 781. The van der Waals surface area contributed by atoms with E-state index in [9.17, 15) is 4.39 Å². The maximum Gasteiger partial charge on any atom is 0.134 e. The van der Waals surface area contributed by atoms with Gasteiger partial charge in [0.05, 0.1) is 6.04 Å². The van der Waals surface area contributed by atoms with E-state index < -0.39 is 6.04 Å². The van der Waals surface area contributed by atoms with Gasteiger partial charge in [-0.05, 0) is 30.7 Å². The summed E-state index contributed by atoms with van der Waals surface area (Å²) in [4.78, 5) is 0. The van der Waals surface area contributed by atoms with Gasteiger partial charge in [0.2, 0.25) is 0 Å². The molecule has 0 aliphatic carbocycles. The third-order valence-electron chi connectivity index (χ3n) is 3.46. The van der Waals surface area contributed by atoms with Crippen LogP contribution in [0.25, 0.3) is 11.0 Å². The van der Waals surface area contributed by atoms with Crippen molar-refractivity contribution in [1.82, 2.24) is 0 Å². The standard InChI is InChI=1S/C16H13ClFNO/c1-9-11-4-2-3-5-14(11)20-16(9)15(19)12-7-6-10(18)8-13(12)17/h2-8,15H,19H2,1H3. The Morgan fingerprint density at radius 3 is 2.65 bits per heavy atom. The van der Waals surface area contributed by atoms with Gasteiger partial charge in [-0.15, -0.1) is 0 Å². The summed E-state index contributed by atoms with van der Waals surface area (Å²) in [6.45, 7) is 1.96. The van der Waals surface area contributed by atoms with E-state index in [4.69, 9.17) is 21.8 Å². The van der Waals surface area contributed by atoms with Crippen LogP contribution in [0.3, 0.4) is 0 Å². The SMILES string of the molecule is Cc1c(C(N)c2ccc(F)cc2Cl)oc2ccccc12. The number of benzene rings is 2. The topological polar surface area (TPSA) is 39.2 Å². The van der Waals surface area contributed by atoms with Crippen LogP contribution in [0, 0.1) is 12.7 Å². The Hall–Kier alpha value is -1.84. The van der Waals surface area contributed by atoms with Crippen molar-refractivity contribution < 1.29 is 8.81 Å². The molecule has 0 fully saturated rings. The van der Waals surface area contributed by atoms with Gasteiger partial charge in [-0.25, -0.2) is 4.39 Å².